The van der Waals surface area contributed by atoms with E-state index in [4.69, 9.17) is 23.1 Å². The van der Waals surface area contributed by atoms with Gasteiger partial charge in [0.25, 0.3) is 0 Å². The molecule has 0 atom stereocenters. The van der Waals surface area contributed by atoms with Gasteiger partial charge in [0.1, 0.15) is 0 Å². The Hall–Kier alpha value is -1.08. The standard InChI is InChI=1S/C8H7ClF3N3S/c9-5-2-1-4(16-8(10,11)12)3-6(5)15-7(13)14/h1-3H,(H4,13,14,15). The van der Waals surface area contributed by atoms with Crippen LogP contribution in [0.15, 0.2) is 28.1 Å². The van der Waals surface area contributed by atoms with Crippen LogP contribution in [0.4, 0.5) is 18.9 Å². The number of nitrogens with zero attached hydrogens (tertiary/aromatic N) is 1. The lowest BCUT2D eigenvalue weighted by Crippen LogP contribution is -2.21. The quantitative estimate of drug-likeness (QED) is 0.493. The fourth-order valence-corrected chi connectivity index (χ4v) is 1.65. The average molecular weight is 270 g/mol. The lowest BCUT2D eigenvalue weighted by Gasteiger charge is -2.06. The number of rotatable bonds is 2. The molecular formula is C8H7ClF3N3S. The lowest BCUT2D eigenvalue weighted by atomic mass is 10.3. The summed E-state index contributed by atoms with van der Waals surface area (Å²) in [5.41, 5.74) is 5.97. The second kappa shape index (κ2) is 4.84. The van der Waals surface area contributed by atoms with Crippen LogP contribution in [0, 0.1) is 0 Å². The molecule has 0 saturated carbocycles. The van der Waals surface area contributed by atoms with Crippen LogP contribution >= 0.6 is 23.4 Å². The van der Waals surface area contributed by atoms with E-state index < -0.39 is 5.51 Å². The molecule has 0 aliphatic heterocycles. The fraction of sp³-hybridized carbons (Fsp3) is 0.125. The van der Waals surface area contributed by atoms with Crippen LogP contribution in [0.3, 0.4) is 0 Å². The van der Waals surface area contributed by atoms with Crippen LogP contribution in [0.5, 0.6) is 0 Å². The first kappa shape index (κ1) is 13.0. The van der Waals surface area contributed by atoms with Crippen molar-refractivity contribution in [1.29, 1.82) is 0 Å². The molecule has 0 aliphatic carbocycles. The molecule has 3 nitrogen and oxygen atoms in total. The van der Waals surface area contributed by atoms with Crippen LogP contribution < -0.4 is 11.5 Å². The largest absolute Gasteiger partial charge is 0.446 e. The Morgan fingerprint density at radius 3 is 2.44 bits per heavy atom. The van der Waals surface area contributed by atoms with Gasteiger partial charge in [-0.15, -0.1) is 0 Å². The van der Waals surface area contributed by atoms with Crippen LogP contribution in [0.25, 0.3) is 0 Å². The molecule has 0 bridgehead atoms. The lowest BCUT2D eigenvalue weighted by molar-refractivity contribution is -0.0328. The number of alkyl halides is 3. The zero-order valence-electron chi connectivity index (χ0n) is 7.75. The number of nitrogens with two attached hydrogens (primary N) is 2. The van der Waals surface area contributed by atoms with Crippen molar-refractivity contribution in [3.8, 4) is 0 Å². The summed E-state index contributed by atoms with van der Waals surface area (Å²) in [6.45, 7) is 0. The topological polar surface area (TPSA) is 64.4 Å². The molecule has 0 aromatic heterocycles. The van der Waals surface area contributed by atoms with E-state index in [0.29, 0.717) is 0 Å². The first-order valence-electron chi connectivity index (χ1n) is 3.93. The summed E-state index contributed by atoms with van der Waals surface area (Å²) in [6, 6.07) is 3.71. The zero-order chi connectivity index (χ0) is 12.3. The molecule has 0 amide bonds. The number of hydrogen-bond donors (Lipinski definition) is 2. The average Bonchev–Trinajstić information content (AvgIpc) is 2.07. The van der Waals surface area contributed by atoms with Gasteiger partial charge in [-0.2, -0.15) is 13.2 Å². The minimum atomic E-state index is -4.36. The minimum Gasteiger partial charge on any atom is -0.370 e. The molecule has 88 valence electrons. The molecule has 1 rings (SSSR count). The van der Waals surface area contributed by atoms with Crippen molar-refractivity contribution in [1.82, 2.24) is 0 Å². The smallest absolute Gasteiger partial charge is 0.370 e. The van der Waals surface area contributed by atoms with Gasteiger partial charge in [0, 0.05) is 4.90 Å². The fourth-order valence-electron chi connectivity index (χ4n) is 0.914. The summed E-state index contributed by atoms with van der Waals surface area (Å²) < 4.78 is 36.2. The highest BCUT2D eigenvalue weighted by Gasteiger charge is 2.29. The molecule has 0 saturated heterocycles. The summed E-state index contributed by atoms with van der Waals surface area (Å²) in [5.74, 6) is -0.268. The van der Waals surface area contributed by atoms with Crippen molar-refractivity contribution in [2.45, 2.75) is 10.4 Å². The van der Waals surface area contributed by atoms with Crippen molar-refractivity contribution in [3.63, 3.8) is 0 Å². The van der Waals surface area contributed by atoms with E-state index in [2.05, 4.69) is 4.99 Å². The molecule has 16 heavy (non-hydrogen) atoms. The second-order valence-electron chi connectivity index (χ2n) is 2.70. The van der Waals surface area contributed by atoms with Gasteiger partial charge in [-0.3, -0.25) is 0 Å². The van der Waals surface area contributed by atoms with Gasteiger partial charge < -0.3 is 11.5 Å². The van der Waals surface area contributed by atoms with Crippen molar-refractivity contribution < 1.29 is 13.2 Å². The number of guanidine groups is 1. The van der Waals surface area contributed by atoms with E-state index in [-0.39, 0.29) is 33.3 Å². The molecule has 4 N–H and O–H groups in total. The maximum absolute atomic E-state index is 12.1. The molecule has 0 spiro atoms. The zero-order valence-corrected chi connectivity index (χ0v) is 9.33. The Labute approximate surface area is 98.7 Å². The number of thioether (sulfide) groups is 1. The van der Waals surface area contributed by atoms with Gasteiger partial charge in [-0.05, 0) is 30.0 Å². The first-order valence-corrected chi connectivity index (χ1v) is 5.12. The van der Waals surface area contributed by atoms with Gasteiger partial charge in [0.15, 0.2) is 5.96 Å². The Kier molecular flexibility index (Phi) is 3.93. The molecule has 8 heteroatoms. The third-order valence-corrected chi connectivity index (χ3v) is 2.44. The van der Waals surface area contributed by atoms with E-state index >= 15 is 0 Å². The SMILES string of the molecule is NC(N)=Nc1cc(SC(F)(F)F)ccc1Cl. The second-order valence-corrected chi connectivity index (χ2v) is 4.24. The summed E-state index contributed by atoms with van der Waals surface area (Å²) in [7, 11) is 0. The van der Waals surface area contributed by atoms with Gasteiger partial charge in [-0.25, -0.2) is 4.99 Å². The number of hydrogen-bond acceptors (Lipinski definition) is 2. The summed E-state index contributed by atoms with van der Waals surface area (Å²) in [6.07, 6.45) is 0. The Balaban J connectivity index is 3.03. The van der Waals surface area contributed by atoms with E-state index in [1.165, 1.54) is 18.2 Å². The maximum Gasteiger partial charge on any atom is 0.446 e. The van der Waals surface area contributed by atoms with Crippen molar-refractivity contribution in [3.05, 3.63) is 23.2 Å². The third-order valence-electron chi connectivity index (χ3n) is 1.40. The van der Waals surface area contributed by atoms with Crippen molar-refractivity contribution in [2.75, 3.05) is 0 Å². The van der Waals surface area contributed by atoms with Crippen LogP contribution in [0.1, 0.15) is 0 Å². The Morgan fingerprint density at radius 1 is 1.31 bits per heavy atom. The van der Waals surface area contributed by atoms with Gasteiger partial charge in [-0.1, -0.05) is 11.6 Å². The summed E-state index contributed by atoms with van der Waals surface area (Å²) >= 11 is 5.44. The van der Waals surface area contributed by atoms with Gasteiger partial charge in [0.2, 0.25) is 0 Å². The van der Waals surface area contributed by atoms with Crippen LogP contribution in [-0.2, 0) is 0 Å². The molecule has 0 aliphatic rings. The number of aliphatic imine (C=N–C) groups is 1. The van der Waals surface area contributed by atoms with E-state index in [9.17, 15) is 13.2 Å². The summed E-state index contributed by atoms with van der Waals surface area (Å²) in [5, 5.41) is 0.180. The highest BCUT2D eigenvalue weighted by molar-refractivity contribution is 8.00. The molecule has 1 aromatic rings. The van der Waals surface area contributed by atoms with Gasteiger partial charge in [0.05, 0.1) is 10.7 Å². The molecular weight excluding hydrogens is 263 g/mol. The predicted octanol–water partition coefficient (Wildman–Crippen LogP) is 2.86. The number of benzene rings is 1. The molecule has 0 fully saturated rings. The molecule has 1 aromatic carbocycles. The Bertz CT molecular complexity index is 415. The first-order chi connectivity index (χ1) is 7.28. The number of halogens is 4. The predicted molar refractivity (Wildman–Crippen MR) is 58.8 cm³/mol. The van der Waals surface area contributed by atoms with Crippen molar-refractivity contribution >= 4 is 35.0 Å². The van der Waals surface area contributed by atoms with E-state index in [1.807, 2.05) is 0 Å². The van der Waals surface area contributed by atoms with Crippen molar-refractivity contribution in [2.24, 2.45) is 16.5 Å². The van der Waals surface area contributed by atoms with Gasteiger partial charge >= 0.3 is 5.51 Å². The van der Waals surface area contributed by atoms with E-state index in [1.54, 1.807) is 0 Å². The normalized spacial score (nSPS) is 11.2. The van der Waals surface area contributed by atoms with Crippen LogP contribution in [0.2, 0.25) is 5.02 Å². The molecule has 0 heterocycles. The highest BCUT2D eigenvalue weighted by atomic mass is 35.5. The minimum absolute atomic E-state index is 0.0306. The maximum atomic E-state index is 12.1. The third kappa shape index (κ3) is 4.19. The molecule has 0 radical (unpaired) electrons. The Morgan fingerprint density at radius 2 is 1.94 bits per heavy atom. The highest BCUT2D eigenvalue weighted by Crippen LogP contribution is 2.39. The van der Waals surface area contributed by atoms with E-state index in [0.717, 1.165) is 0 Å². The monoisotopic (exact) mass is 269 g/mol. The van der Waals surface area contributed by atoms with Crippen LogP contribution in [-0.4, -0.2) is 11.5 Å². The molecule has 0 unspecified atom stereocenters. The summed E-state index contributed by atoms with van der Waals surface area (Å²) in [4.78, 5) is 3.58.